The number of nitrogens with one attached hydrogen (secondary N) is 1. The number of hydrogen-bond donors (Lipinski definition) is 1. The molecule has 27 heavy (non-hydrogen) atoms. The van der Waals surface area contributed by atoms with E-state index in [9.17, 15) is 4.79 Å². The first-order chi connectivity index (χ1) is 13.2. The van der Waals surface area contributed by atoms with Crippen LogP contribution in [0, 0.1) is 0 Å². The number of aromatic nitrogens is 1. The second kappa shape index (κ2) is 8.27. The fourth-order valence-corrected chi connectivity index (χ4v) is 2.58. The summed E-state index contributed by atoms with van der Waals surface area (Å²) < 4.78 is 21.4. The van der Waals surface area contributed by atoms with Gasteiger partial charge in [0, 0.05) is 11.3 Å². The molecule has 3 aromatic rings. The number of oxazole rings is 1. The summed E-state index contributed by atoms with van der Waals surface area (Å²) in [6, 6.07) is 12.3. The van der Waals surface area contributed by atoms with Crippen molar-refractivity contribution < 1.29 is 23.4 Å². The average molecular weight is 368 g/mol. The highest BCUT2D eigenvalue weighted by atomic mass is 16.5. The smallest absolute Gasteiger partial charge is 0.278 e. The second-order valence-corrected chi connectivity index (χ2v) is 5.51. The summed E-state index contributed by atoms with van der Waals surface area (Å²) in [6.07, 6.45) is 1.24. The topological polar surface area (TPSA) is 82.8 Å². The van der Waals surface area contributed by atoms with Gasteiger partial charge < -0.3 is 23.9 Å². The Morgan fingerprint density at radius 3 is 2.48 bits per heavy atom. The maximum absolute atomic E-state index is 12.6. The van der Waals surface area contributed by atoms with Crippen molar-refractivity contribution in [1.82, 2.24) is 4.98 Å². The minimum absolute atomic E-state index is 0.177. The molecule has 140 valence electrons. The van der Waals surface area contributed by atoms with Crippen LogP contribution in [0.3, 0.4) is 0 Å². The van der Waals surface area contributed by atoms with Gasteiger partial charge in [-0.05, 0) is 49.4 Å². The van der Waals surface area contributed by atoms with Gasteiger partial charge in [0.25, 0.3) is 5.91 Å². The van der Waals surface area contributed by atoms with Crippen LogP contribution in [-0.2, 0) is 0 Å². The molecule has 0 radical (unpaired) electrons. The van der Waals surface area contributed by atoms with E-state index in [0.717, 1.165) is 5.75 Å². The first kappa shape index (κ1) is 18.3. The molecule has 0 aliphatic rings. The highest BCUT2D eigenvalue weighted by molar-refractivity contribution is 6.06. The zero-order valence-corrected chi connectivity index (χ0v) is 15.3. The van der Waals surface area contributed by atoms with Gasteiger partial charge in [-0.3, -0.25) is 4.79 Å². The predicted molar refractivity (Wildman–Crippen MR) is 101 cm³/mol. The lowest BCUT2D eigenvalue weighted by molar-refractivity contribution is 0.102. The largest absolute Gasteiger partial charge is 0.494 e. The van der Waals surface area contributed by atoms with Crippen LogP contribution in [0.4, 0.5) is 5.69 Å². The number of nitrogens with zero attached hydrogens (tertiary/aromatic N) is 1. The number of anilines is 1. The SMILES string of the molecule is CCOc1ccc(NC(=O)c2ncoc2-c2ccc(OC)c(OC)c2)cc1. The number of methoxy groups -OCH3 is 2. The van der Waals surface area contributed by atoms with Crippen LogP contribution in [0.2, 0.25) is 0 Å². The standard InChI is InChI=1S/C20H20N2O5/c1-4-26-15-8-6-14(7-9-15)22-20(23)18-19(27-12-21-18)13-5-10-16(24-2)17(11-13)25-3/h5-12H,4H2,1-3H3,(H,22,23). The van der Waals surface area contributed by atoms with Crippen molar-refractivity contribution in [1.29, 1.82) is 0 Å². The van der Waals surface area contributed by atoms with Gasteiger partial charge in [-0.25, -0.2) is 4.98 Å². The molecule has 0 saturated carbocycles. The zero-order chi connectivity index (χ0) is 19.2. The molecule has 0 bridgehead atoms. The van der Waals surface area contributed by atoms with Crippen molar-refractivity contribution in [3.05, 3.63) is 54.6 Å². The average Bonchev–Trinajstić information content (AvgIpc) is 3.19. The third-order valence-electron chi connectivity index (χ3n) is 3.85. The lowest BCUT2D eigenvalue weighted by Crippen LogP contribution is -2.13. The zero-order valence-electron chi connectivity index (χ0n) is 15.3. The number of ether oxygens (including phenoxy) is 3. The van der Waals surface area contributed by atoms with E-state index in [-0.39, 0.29) is 11.6 Å². The van der Waals surface area contributed by atoms with Crippen LogP contribution in [0.1, 0.15) is 17.4 Å². The van der Waals surface area contributed by atoms with Crippen LogP contribution in [0.25, 0.3) is 11.3 Å². The van der Waals surface area contributed by atoms with E-state index in [1.165, 1.54) is 6.39 Å². The summed E-state index contributed by atoms with van der Waals surface area (Å²) in [5.41, 5.74) is 1.46. The van der Waals surface area contributed by atoms with Gasteiger partial charge in [-0.1, -0.05) is 0 Å². The Morgan fingerprint density at radius 2 is 1.81 bits per heavy atom. The highest BCUT2D eigenvalue weighted by Crippen LogP contribution is 2.33. The third-order valence-corrected chi connectivity index (χ3v) is 3.85. The number of amides is 1. The van der Waals surface area contributed by atoms with Crippen LogP contribution in [-0.4, -0.2) is 31.7 Å². The minimum Gasteiger partial charge on any atom is -0.494 e. The van der Waals surface area contributed by atoms with Crippen LogP contribution < -0.4 is 19.5 Å². The van der Waals surface area contributed by atoms with E-state index in [1.54, 1.807) is 56.7 Å². The van der Waals surface area contributed by atoms with Gasteiger partial charge in [0.05, 0.1) is 20.8 Å². The molecule has 0 aliphatic heterocycles. The Bertz CT molecular complexity index is 918. The van der Waals surface area contributed by atoms with E-state index in [0.29, 0.717) is 35.1 Å². The van der Waals surface area contributed by atoms with Crippen molar-refractivity contribution in [3.63, 3.8) is 0 Å². The van der Waals surface area contributed by atoms with Crippen LogP contribution in [0.15, 0.2) is 53.3 Å². The van der Waals surface area contributed by atoms with Crippen molar-refractivity contribution in [2.45, 2.75) is 6.92 Å². The molecule has 7 nitrogen and oxygen atoms in total. The van der Waals surface area contributed by atoms with Crippen LogP contribution in [0.5, 0.6) is 17.2 Å². The summed E-state index contributed by atoms with van der Waals surface area (Å²) >= 11 is 0. The molecular weight excluding hydrogens is 348 g/mol. The third kappa shape index (κ3) is 4.03. The maximum Gasteiger partial charge on any atom is 0.278 e. The van der Waals surface area contributed by atoms with Gasteiger partial charge in [0.2, 0.25) is 0 Å². The highest BCUT2D eigenvalue weighted by Gasteiger charge is 2.20. The molecule has 1 heterocycles. The van der Waals surface area contributed by atoms with Gasteiger partial charge in [0.1, 0.15) is 5.75 Å². The summed E-state index contributed by atoms with van der Waals surface area (Å²) in [4.78, 5) is 16.7. The Morgan fingerprint density at radius 1 is 1.07 bits per heavy atom. The molecule has 0 fully saturated rings. The molecule has 1 aromatic heterocycles. The minimum atomic E-state index is -0.377. The number of carbonyl (C=O) groups is 1. The number of hydrogen-bond acceptors (Lipinski definition) is 6. The first-order valence-corrected chi connectivity index (χ1v) is 8.36. The Labute approximate surface area is 156 Å². The van der Waals surface area contributed by atoms with E-state index in [1.807, 2.05) is 6.92 Å². The van der Waals surface area contributed by atoms with Gasteiger partial charge in [-0.15, -0.1) is 0 Å². The van der Waals surface area contributed by atoms with E-state index in [4.69, 9.17) is 18.6 Å². The first-order valence-electron chi connectivity index (χ1n) is 8.36. The molecule has 1 amide bonds. The lowest BCUT2D eigenvalue weighted by atomic mass is 10.1. The molecule has 0 atom stereocenters. The van der Waals surface area contributed by atoms with Crippen molar-refractivity contribution in [2.75, 3.05) is 26.1 Å². The van der Waals surface area contributed by atoms with Crippen LogP contribution >= 0.6 is 0 Å². The summed E-state index contributed by atoms with van der Waals surface area (Å²) in [6.45, 7) is 2.50. The molecule has 1 N–H and O–H groups in total. The van der Waals surface area contributed by atoms with E-state index in [2.05, 4.69) is 10.3 Å². The fraction of sp³-hybridized carbons (Fsp3) is 0.200. The molecule has 0 unspecified atom stereocenters. The lowest BCUT2D eigenvalue weighted by Gasteiger charge is -2.09. The normalized spacial score (nSPS) is 10.3. The molecule has 0 spiro atoms. The monoisotopic (exact) mass is 368 g/mol. The summed E-state index contributed by atoms with van der Waals surface area (Å²) in [5, 5.41) is 2.80. The van der Waals surface area contributed by atoms with Gasteiger partial charge in [-0.2, -0.15) is 0 Å². The summed E-state index contributed by atoms with van der Waals surface area (Å²) in [7, 11) is 3.10. The quantitative estimate of drug-likeness (QED) is 0.678. The Kier molecular flexibility index (Phi) is 5.61. The van der Waals surface area contributed by atoms with Gasteiger partial charge >= 0.3 is 0 Å². The van der Waals surface area contributed by atoms with Crippen molar-refractivity contribution in [2.24, 2.45) is 0 Å². The van der Waals surface area contributed by atoms with E-state index >= 15 is 0 Å². The second-order valence-electron chi connectivity index (χ2n) is 5.51. The Hall–Kier alpha value is -3.48. The fourth-order valence-electron chi connectivity index (χ4n) is 2.58. The molecule has 2 aromatic carbocycles. The Balaban J connectivity index is 1.83. The predicted octanol–water partition coefficient (Wildman–Crippen LogP) is 4.01. The summed E-state index contributed by atoms with van der Waals surface area (Å²) in [5.74, 6) is 1.82. The molecule has 7 heteroatoms. The molecule has 0 saturated heterocycles. The van der Waals surface area contributed by atoms with Gasteiger partial charge in [0.15, 0.2) is 29.3 Å². The van der Waals surface area contributed by atoms with Crippen molar-refractivity contribution in [3.8, 4) is 28.6 Å². The number of carbonyl (C=O) groups excluding carboxylic acids is 1. The van der Waals surface area contributed by atoms with E-state index < -0.39 is 0 Å². The molecule has 3 rings (SSSR count). The number of rotatable bonds is 7. The molecular formula is C20H20N2O5. The maximum atomic E-state index is 12.6. The number of benzene rings is 2. The van der Waals surface area contributed by atoms with Crippen molar-refractivity contribution >= 4 is 11.6 Å². The molecule has 0 aliphatic carbocycles.